The Hall–Kier alpha value is -1.62. The number of hydrogen-bond acceptors (Lipinski definition) is 3. The third-order valence-corrected chi connectivity index (χ3v) is 3.77. The first-order chi connectivity index (χ1) is 10.2. The summed E-state index contributed by atoms with van der Waals surface area (Å²) in [7, 11) is 0. The third kappa shape index (κ3) is 3.35. The van der Waals surface area contributed by atoms with Crippen LogP contribution in [0.5, 0.6) is 5.75 Å². The summed E-state index contributed by atoms with van der Waals surface area (Å²) in [5.74, 6) is 6.05. The van der Waals surface area contributed by atoms with Crippen molar-refractivity contribution in [2.24, 2.45) is 5.84 Å². The average molecular weight is 307 g/mol. The van der Waals surface area contributed by atoms with Gasteiger partial charge in [0, 0.05) is 0 Å². The van der Waals surface area contributed by atoms with Crippen LogP contribution in [0.3, 0.4) is 0 Å². The Kier molecular flexibility index (Phi) is 4.10. The number of hydrogen-bond donors (Lipinski definition) is 2. The fourth-order valence-corrected chi connectivity index (χ4v) is 2.38. The molecule has 1 atom stereocenters. The lowest BCUT2D eigenvalue weighted by molar-refractivity contribution is 0.303. The summed E-state index contributed by atoms with van der Waals surface area (Å²) in [6.45, 7) is 0. The minimum Gasteiger partial charge on any atom is -0.490 e. The maximum Gasteiger partial charge on any atom is 0.141 e. The van der Waals surface area contributed by atoms with E-state index in [1.165, 1.54) is 6.07 Å². The molecule has 1 aliphatic carbocycles. The molecule has 0 bridgehead atoms. The highest BCUT2D eigenvalue weighted by Gasteiger charge is 2.23. The van der Waals surface area contributed by atoms with Crippen LogP contribution in [0, 0.1) is 5.82 Å². The summed E-state index contributed by atoms with van der Waals surface area (Å²) in [6, 6.07) is 12.1. The van der Waals surface area contributed by atoms with Gasteiger partial charge in [-0.2, -0.15) is 0 Å². The van der Waals surface area contributed by atoms with E-state index in [1.807, 2.05) is 24.3 Å². The summed E-state index contributed by atoms with van der Waals surface area (Å²) in [6.07, 6.45) is 2.63. The van der Waals surface area contributed by atoms with Crippen molar-refractivity contribution in [2.45, 2.75) is 25.0 Å². The molecule has 0 aliphatic heterocycles. The van der Waals surface area contributed by atoms with Gasteiger partial charge in [-0.1, -0.05) is 29.8 Å². The lowest BCUT2D eigenvalue weighted by Gasteiger charge is -2.18. The summed E-state index contributed by atoms with van der Waals surface area (Å²) < 4.78 is 19.0. The van der Waals surface area contributed by atoms with Crippen LogP contribution in [0.2, 0.25) is 5.02 Å². The quantitative estimate of drug-likeness (QED) is 0.656. The molecule has 2 aromatic carbocycles. The smallest absolute Gasteiger partial charge is 0.141 e. The van der Waals surface area contributed by atoms with Crippen LogP contribution in [0.15, 0.2) is 42.5 Å². The van der Waals surface area contributed by atoms with Crippen molar-refractivity contribution in [3.63, 3.8) is 0 Å². The van der Waals surface area contributed by atoms with Crippen LogP contribution in [0.1, 0.15) is 30.0 Å². The Labute approximate surface area is 127 Å². The summed E-state index contributed by atoms with van der Waals surface area (Å²) >= 11 is 5.83. The van der Waals surface area contributed by atoms with Gasteiger partial charge in [-0.15, -0.1) is 0 Å². The molecule has 21 heavy (non-hydrogen) atoms. The highest BCUT2D eigenvalue weighted by molar-refractivity contribution is 6.30. The van der Waals surface area contributed by atoms with E-state index in [9.17, 15) is 4.39 Å². The van der Waals surface area contributed by atoms with Crippen LogP contribution in [0.4, 0.5) is 4.39 Å². The first-order valence-electron chi connectivity index (χ1n) is 6.85. The first kappa shape index (κ1) is 14.3. The van der Waals surface area contributed by atoms with Crippen LogP contribution in [-0.4, -0.2) is 6.10 Å². The summed E-state index contributed by atoms with van der Waals surface area (Å²) in [5, 5.41) is 0.0847. The monoisotopic (exact) mass is 306 g/mol. The van der Waals surface area contributed by atoms with E-state index in [4.69, 9.17) is 22.2 Å². The highest BCUT2D eigenvalue weighted by Crippen LogP contribution is 2.29. The summed E-state index contributed by atoms with van der Waals surface area (Å²) in [5.41, 5.74) is 4.50. The largest absolute Gasteiger partial charge is 0.490 e. The van der Waals surface area contributed by atoms with Gasteiger partial charge in [0.1, 0.15) is 11.6 Å². The maximum atomic E-state index is 13.2. The average Bonchev–Trinajstić information content (AvgIpc) is 3.29. The lowest BCUT2D eigenvalue weighted by atomic mass is 9.99. The van der Waals surface area contributed by atoms with Gasteiger partial charge in [-0.05, 0) is 48.2 Å². The Balaban J connectivity index is 1.82. The van der Waals surface area contributed by atoms with Crippen molar-refractivity contribution in [1.29, 1.82) is 0 Å². The molecule has 0 heterocycles. The van der Waals surface area contributed by atoms with Gasteiger partial charge in [-0.25, -0.2) is 9.82 Å². The molecule has 0 aromatic heterocycles. The van der Waals surface area contributed by atoms with Gasteiger partial charge in [0.05, 0.1) is 17.2 Å². The van der Waals surface area contributed by atoms with Gasteiger partial charge >= 0.3 is 0 Å². The van der Waals surface area contributed by atoms with Crippen molar-refractivity contribution in [3.8, 4) is 5.75 Å². The van der Waals surface area contributed by atoms with Crippen molar-refractivity contribution >= 4 is 11.6 Å². The van der Waals surface area contributed by atoms with Gasteiger partial charge in [0.2, 0.25) is 0 Å². The predicted octanol–water partition coefficient (Wildman–Crippen LogP) is 3.57. The van der Waals surface area contributed by atoms with Crippen LogP contribution in [0.25, 0.3) is 0 Å². The number of ether oxygens (including phenoxy) is 1. The highest BCUT2D eigenvalue weighted by atomic mass is 35.5. The van der Waals surface area contributed by atoms with Crippen molar-refractivity contribution in [2.75, 3.05) is 0 Å². The third-order valence-electron chi connectivity index (χ3n) is 3.48. The standard InChI is InChI=1S/C16H16ClFN2O/c17-14-9-11(3-8-15(14)18)16(20-19)10-1-4-12(5-2-10)21-13-6-7-13/h1-5,8-9,13,16,20H,6-7,19H2. The molecule has 2 aromatic rings. The van der Waals surface area contributed by atoms with Gasteiger partial charge in [0.15, 0.2) is 0 Å². The van der Waals surface area contributed by atoms with Crippen molar-refractivity contribution < 1.29 is 9.13 Å². The van der Waals surface area contributed by atoms with E-state index in [0.717, 1.165) is 29.7 Å². The Morgan fingerprint density at radius 3 is 2.38 bits per heavy atom. The normalized spacial score (nSPS) is 15.8. The van der Waals surface area contributed by atoms with E-state index in [2.05, 4.69) is 5.43 Å². The van der Waals surface area contributed by atoms with E-state index in [-0.39, 0.29) is 11.1 Å². The molecule has 0 amide bonds. The number of halogens is 2. The van der Waals surface area contributed by atoms with Gasteiger partial charge in [0.25, 0.3) is 0 Å². The molecule has 1 unspecified atom stereocenters. The summed E-state index contributed by atoms with van der Waals surface area (Å²) in [4.78, 5) is 0. The Bertz CT molecular complexity index is 629. The molecule has 1 fully saturated rings. The number of nitrogens with one attached hydrogen (secondary N) is 1. The zero-order chi connectivity index (χ0) is 14.8. The molecule has 0 radical (unpaired) electrons. The van der Waals surface area contributed by atoms with Crippen molar-refractivity contribution in [3.05, 3.63) is 64.4 Å². The van der Waals surface area contributed by atoms with E-state index in [0.29, 0.717) is 6.10 Å². The molecule has 110 valence electrons. The molecule has 0 saturated heterocycles. The topological polar surface area (TPSA) is 47.3 Å². The number of nitrogens with two attached hydrogens (primary N) is 1. The van der Waals surface area contributed by atoms with Gasteiger partial charge < -0.3 is 4.74 Å². The molecule has 1 saturated carbocycles. The van der Waals surface area contributed by atoms with Crippen LogP contribution >= 0.6 is 11.6 Å². The second-order valence-corrected chi connectivity index (χ2v) is 5.57. The molecule has 5 heteroatoms. The second-order valence-electron chi connectivity index (χ2n) is 5.16. The zero-order valence-electron chi connectivity index (χ0n) is 11.4. The minimum absolute atomic E-state index is 0.0847. The van der Waals surface area contributed by atoms with E-state index < -0.39 is 5.82 Å². The minimum atomic E-state index is -0.440. The molecule has 3 N–H and O–H groups in total. The zero-order valence-corrected chi connectivity index (χ0v) is 12.1. The Morgan fingerprint density at radius 1 is 1.14 bits per heavy atom. The molecule has 3 nitrogen and oxygen atoms in total. The van der Waals surface area contributed by atoms with E-state index in [1.54, 1.807) is 12.1 Å². The number of benzene rings is 2. The van der Waals surface area contributed by atoms with Crippen LogP contribution in [-0.2, 0) is 0 Å². The lowest BCUT2D eigenvalue weighted by Crippen LogP contribution is -2.28. The predicted molar refractivity (Wildman–Crippen MR) is 80.7 cm³/mol. The molecular weight excluding hydrogens is 291 g/mol. The second kappa shape index (κ2) is 6.02. The van der Waals surface area contributed by atoms with Crippen molar-refractivity contribution in [1.82, 2.24) is 5.43 Å². The first-order valence-corrected chi connectivity index (χ1v) is 7.23. The number of hydrazine groups is 1. The maximum absolute atomic E-state index is 13.2. The SMILES string of the molecule is NNC(c1ccc(OC2CC2)cc1)c1ccc(F)c(Cl)c1. The fourth-order valence-electron chi connectivity index (χ4n) is 2.19. The Morgan fingerprint density at radius 2 is 1.81 bits per heavy atom. The molecule has 1 aliphatic rings. The van der Waals surface area contributed by atoms with Gasteiger partial charge in [-0.3, -0.25) is 5.84 Å². The van der Waals surface area contributed by atoms with Crippen LogP contribution < -0.4 is 16.0 Å². The molecular formula is C16H16ClFN2O. The number of rotatable bonds is 5. The van der Waals surface area contributed by atoms with E-state index >= 15 is 0 Å². The molecule has 0 spiro atoms. The molecule has 3 rings (SSSR count). The fraction of sp³-hybridized carbons (Fsp3) is 0.250.